The fraction of sp³-hybridized carbons (Fsp3) is 0.467. The Kier molecular flexibility index (Phi) is 6.52. The Bertz CT molecular complexity index is 499. The number of nitrogens with one attached hydrogen (secondary N) is 1. The molecular formula is C15H21NO5. The van der Waals surface area contributed by atoms with Crippen molar-refractivity contribution in [2.24, 2.45) is 0 Å². The lowest BCUT2D eigenvalue weighted by Crippen LogP contribution is -2.33. The van der Waals surface area contributed by atoms with E-state index in [9.17, 15) is 9.59 Å². The molecule has 0 saturated heterocycles. The van der Waals surface area contributed by atoms with Gasteiger partial charge in [0.25, 0.3) is 5.91 Å². The van der Waals surface area contributed by atoms with Crippen molar-refractivity contribution in [2.45, 2.75) is 26.8 Å². The van der Waals surface area contributed by atoms with Crippen molar-refractivity contribution >= 4 is 11.9 Å². The van der Waals surface area contributed by atoms with Crippen molar-refractivity contribution in [1.82, 2.24) is 5.32 Å². The van der Waals surface area contributed by atoms with Gasteiger partial charge in [0.15, 0.2) is 18.1 Å². The minimum atomic E-state index is -0.586. The van der Waals surface area contributed by atoms with Gasteiger partial charge in [-0.25, -0.2) is 4.79 Å². The molecule has 1 aromatic carbocycles. The monoisotopic (exact) mass is 295 g/mol. The number of benzene rings is 1. The first-order valence-electron chi connectivity index (χ1n) is 6.75. The summed E-state index contributed by atoms with van der Waals surface area (Å²) in [5, 5.41) is 2.64. The maximum absolute atomic E-state index is 11.9. The molecule has 21 heavy (non-hydrogen) atoms. The molecule has 1 N–H and O–H groups in total. The Morgan fingerprint density at radius 1 is 1.24 bits per heavy atom. The van der Waals surface area contributed by atoms with Gasteiger partial charge in [0.2, 0.25) is 0 Å². The number of hydrogen-bond acceptors (Lipinski definition) is 5. The van der Waals surface area contributed by atoms with Crippen LogP contribution in [0.5, 0.6) is 11.5 Å². The lowest BCUT2D eigenvalue weighted by molar-refractivity contribution is -0.124. The van der Waals surface area contributed by atoms with E-state index in [1.165, 1.54) is 13.2 Å². The van der Waals surface area contributed by atoms with Crippen molar-refractivity contribution in [3.63, 3.8) is 0 Å². The van der Waals surface area contributed by atoms with E-state index >= 15 is 0 Å². The van der Waals surface area contributed by atoms with Gasteiger partial charge in [-0.05, 0) is 39.0 Å². The van der Waals surface area contributed by atoms with Gasteiger partial charge in [-0.1, -0.05) is 0 Å². The summed E-state index contributed by atoms with van der Waals surface area (Å²) in [4.78, 5) is 23.3. The molecule has 0 bridgehead atoms. The zero-order valence-electron chi connectivity index (χ0n) is 12.8. The molecule has 0 aliphatic carbocycles. The molecule has 0 spiro atoms. The standard InChI is InChI=1S/C15H21NO5/c1-5-20-13-8-11(6-7-12(13)19-4)15(18)21-9-14(17)16-10(2)3/h6-8,10H,5,9H2,1-4H3,(H,16,17). The summed E-state index contributed by atoms with van der Waals surface area (Å²) in [6.45, 7) is 5.63. The minimum absolute atomic E-state index is 0.00162. The van der Waals surface area contributed by atoms with Crippen molar-refractivity contribution in [1.29, 1.82) is 0 Å². The Morgan fingerprint density at radius 3 is 2.52 bits per heavy atom. The zero-order valence-corrected chi connectivity index (χ0v) is 12.8. The Hall–Kier alpha value is -2.24. The fourth-order valence-electron chi connectivity index (χ4n) is 1.65. The summed E-state index contributed by atoms with van der Waals surface area (Å²) in [5.41, 5.74) is 0.302. The summed E-state index contributed by atoms with van der Waals surface area (Å²) >= 11 is 0. The van der Waals surface area contributed by atoms with Crippen molar-refractivity contribution in [3.05, 3.63) is 23.8 Å². The molecule has 116 valence electrons. The van der Waals surface area contributed by atoms with Gasteiger partial charge in [-0.3, -0.25) is 4.79 Å². The first-order valence-corrected chi connectivity index (χ1v) is 6.75. The van der Waals surface area contributed by atoms with E-state index in [-0.39, 0.29) is 18.6 Å². The van der Waals surface area contributed by atoms with Crippen LogP contribution in [-0.4, -0.2) is 38.2 Å². The van der Waals surface area contributed by atoms with Crippen LogP contribution in [0.4, 0.5) is 0 Å². The highest BCUT2D eigenvalue weighted by molar-refractivity contribution is 5.92. The van der Waals surface area contributed by atoms with Crippen LogP contribution in [0.15, 0.2) is 18.2 Å². The molecule has 6 nitrogen and oxygen atoms in total. The highest BCUT2D eigenvalue weighted by Crippen LogP contribution is 2.28. The number of methoxy groups -OCH3 is 1. The molecule has 0 unspecified atom stereocenters. The van der Waals surface area contributed by atoms with Gasteiger partial charge in [0.1, 0.15) is 0 Å². The van der Waals surface area contributed by atoms with Gasteiger partial charge in [-0.2, -0.15) is 0 Å². The Morgan fingerprint density at radius 2 is 1.95 bits per heavy atom. The SMILES string of the molecule is CCOc1cc(C(=O)OCC(=O)NC(C)C)ccc1OC. The average Bonchev–Trinajstić information content (AvgIpc) is 2.44. The highest BCUT2D eigenvalue weighted by atomic mass is 16.5. The molecule has 0 aliphatic heterocycles. The van der Waals surface area contributed by atoms with E-state index in [2.05, 4.69) is 5.32 Å². The lowest BCUT2D eigenvalue weighted by Gasteiger charge is -2.11. The number of ether oxygens (including phenoxy) is 3. The Balaban J connectivity index is 2.69. The lowest BCUT2D eigenvalue weighted by atomic mass is 10.2. The summed E-state index contributed by atoms with van der Waals surface area (Å²) in [6, 6.07) is 4.71. The zero-order chi connectivity index (χ0) is 15.8. The Labute approximate surface area is 124 Å². The van der Waals surface area contributed by atoms with E-state index in [0.29, 0.717) is 23.7 Å². The first-order chi connectivity index (χ1) is 9.97. The second-order valence-corrected chi connectivity index (χ2v) is 4.60. The molecule has 1 rings (SSSR count). The van der Waals surface area contributed by atoms with Crippen molar-refractivity contribution < 1.29 is 23.8 Å². The van der Waals surface area contributed by atoms with Crippen LogP contribution in [0, 0.1) is 0 Å². The summed E-state index contributed by atoms with van der Waals surface area (Å²) < 4.78 is 15.5. The van der Waals surface area contributed by atoms with E-state index in [4.69, 9.17) is 14.2 Å². The predicted octanol–water partition coefficient (Wildman–Crippen LogP) is 1.78. The average molecular weight is 295 g/mol. The van der Waals surface area contributed by atoms with Gasteiger partial charge >= 0.3 is 5.97 Å². The van der Waals surface area contributed by atoms with Crippen LogP contribution in [-0.2, 0) is 9.53 Å². The summed E-state index contributed by atoms with van der Waals surface area (Å²) in [6.07, 6.45) is 0. The van der Waals surface area contributed by atoms with Crippen LogP contribution in [0.2, 0.25) is 0 Å². The molecule has 0 aliphatic rings. The van der Waals surface area contributed by atoms with E-state index < -0.39 is 5.97 Å². The van der Waals surface area contributed by atoms with Crippen molar-refractivity contribution in [2.75, 3.05) is 20.3 Å². The largest absolute Gasteiger partial charge is 0.493 e. The number of carbonyl (C=O) groups is 2. The minimum Gasteiger partial charge on any atom is -0.493 e. The fourth-order valence-corrected chi connectivity index (χ4v) is 1.65. The van der Waals surface area contributed by atoms with Crippen LogP contribution >= 0.6 is 0 Å². The number of rotatable bonds is 7. The number of esters is 1. The summed E-state index contributed by atoms with van der Waals surface area (Å²) in [7, 11) is 1.52. The molecule has 0 saturated carbocycles. The molecule has 0 radical (unpaired) electrons. The number of carbonyl (C=O) groups excluding carboxylic acids is 2. The van der Waals surface area contributed by atoms with Gasteiger partial charge < -0.3 is 19.5 Å². The van der Waals surface area contributed by atoms with E-state index in [0.717, 1.165) is 0 Å². The molecule has 0 atom stereocenters. The third-order valence-electron chi connectivity index (χ3n) is 2.48. The maximum Gasteiger partial charge on any atom is 0.338 e. The molecule has 0 aromatic heterocycles. The molecular weight excluding hydrogens is 274 g/mol. The van der Waals surface area contributed by atoms with Crippen LogP contribution < -0.4 is 14.8 Å². The van der Waals surface area contributed by atoms with Crippen LogP contribution in [0.25, 0.3) is 0 Å². The van der Waals surface area contributed by atoms with Gasteiger partial charge in [-0.15, -0.1) is 0 Å². The van der Waals surface area contributed by atoms with Gasteiger partial charge in [0, 0.05) is 6.04 Å². The number of amides is 1. The van der Waals surface area contributed by atoms with Gasteiger partial charge in [0.05, 0.1) is 19.3 Å². The van der Waals surface area contributed by atoms with Crippen LogP contribution in [0.1, 0.15) is 31.1 Å². The molecule has 6 heteroatoms. The third kappa shape index (κ3) is 5.33. The molecule has 0 heterocycles. The molecule has 1 aromatic rings. The quantitative estimate of drug-likeness (QED) is 0.776. The van der Waals surface area contributed by atoms with E-state index in [1.54, 1.807) is 12.1 Å². The first kappa shape index (κ1) is 16.8. The highest BCUT2D eigenvalue weighted by Gasteiger charge is 2.14. The maximum atomic E-state index is 11.9. The third-order valence-corrected chi connectivity index (χ3v) is 2.48. The molecule has 1 amide bonds. The second-order valence-electron chi connectivity index (χ2n) is 4.60. The smallest absolute Gasteiger partial charge is 0.338 e. The van der Waals surface area contributed by atoms with Crippen molar-refractivity contribution in [3.8, 4) is 11.5 Å². The summed E-state index contributed by atoms with van der Waals surface area (Å²) in [5.74, 6) is 0.0708. The normalized spacial score (nSPS) is 10.1. The number of hydrogen-bond donors (Lipinski definition) is 1. The second kappa shape index (κ2) is 8.14. The predicted molar refractivity (Wildman–Crippen MR) is 77.7 cm³/mol. The topological polar surface area (TPSA) is 73.9 Å². The molecule has 0 fully saturated rings. The van der Waals surface area contributed by atoms with Crippen LogP contribution in [0.3, 0.4) is 0 Å². The van der Waals surface area contributed by atoms with E-state index in [1.807, 2.05) is 20.8 Å².